The van der Waals surface area contributed by atoms with Crippen molar-refractivity contribution < 1.29 is 0 Å². The summed E-state index contributed by atoms with van der Waals surface area (Å²) in [5, 5.41) is 0. The van der Waals surface area contributed by atoms with Gasteiger partial charge in [0, 0.05) is 0 Å². The zero-order valence-electron chi connectivity index (χ0n) is 9.48. The molecule has 0 radical (unpaired) electrons. The predicted molar refractivity (Wildman–Crippen MR) is 63.7 cm³/mol. The van der Waals surface area contributed by atoms with Crippen molar-refractivity contribution in [1.29, 1.82) is 0 Å². The molecule has 0 aromatic heterocycles. The van der Waals surface area contributed by atoms with Gasteiger partial charge in [-0.2, -0.15) is 0 Å². The van der Waals surface area contributed by atoms with Crippen molar-refractivity contribution in [3.05, 3.63) is 0 Å². The van der Waals surface area contributed by atoms with Crippen LogP contribution in [-0.4, -0.2) is 20.9 Å². The first-order valence-corrected chi connectivity index (χ1v) is 9.88. The van der Waals surface area contributed by atoms with E-state index in [0.717, 1.165) is 0 Å². The second kappa shape index (κ2) is 12.8. The van der Waals surface area contributed by atoms with Crippen LogP contribution in [0.3, 0.4) is 0 Å². The second-order valence-electron chi connectivity index (χ2n) is 3.82. The quantitative estimate of drug-likeness (QED) is 0.405. The fourth-order valence-electron chi connectivity index (χ4n) is 1.56. The molecule has 0 aliphatic carbocycles. The predicted octanol–water partition coefficient (Wildman–Crippen LogP) is 4.69. The molecule has 0 atom stereocenters. The van der Waals surface area contributed by atoms with Crippen LogP contribution in [0.15, 0.2) is 0 Å². The van der Waals surface area contributed by atoms with E-state index in [1.807, 2.05) is 0 Å². The van der Waals surface area contributed by atoms with Crippen LogP contribution in [0.1, 0.15) is 64.7 Å². The van der Waals surface area contributed by atoms with E-state index in [-0.39, 0.29) is 0 Å². The van der Waals surface area contributed by atoms with E-state index in [0.29, 0.717) is 20.9 Å². The maximum atomic E-state index is 2.41. The number of rotatable bonds is 10. The average Bonchev–Trinajstić information content (AvgIpc) is 2.16. The van der Waals surface area contributed by atoms with Gasteiger partial charge in [0.1, 0.15) is 0 Å². The topological polar surface area (TPSA) is 0 Å². The Bertz CT molecular complexity index is 71.2. The molecule has 0 aliphatic heterocycles. The molecular formula is C12H26Te. The third-order valence-electron chi connectivity index (χ3n) is 2.45. The van der Waals surface area contributed by atoms with Crippen LogP contribution >= 0.6 is 0 Å². The molecule has 0 aromatic carbocycles. The van der Waals surface area contributed by atoms with Gasteiger partial charge in [0.2, 0.25) is 0 Å². The van der Waals surface area contributed by atoms with Crippen molar-refractivity contribution in [3.8, 4) is 0 Å². The van der Waals surface area contributed by atoms with Gasteiger partial charge in [-0.1, -0.05) is 0 Å². The second-order valence-corrected chi connectivity index (χ2v) is 6.63. The van der Waals surface area contributed by atoms with Crippen LogP contribution in [0.4, 0.5) is 0 Å². The molecule has 0 amide bonds. The molecule has 0 saturated carbocycles. The zero-order valence-corrected chi connectivity index (χ0v) is 11.8. The fourth-order valence-corrected chi connectivity index (χ4v) is 2.96. The summed E-state index contributed by atoms with van der Waals surface area (Å²) in [6.07, 6.45) is 13.3. The van der Waals surface area contributed by atoms with Crippen molar-refractivity contribution in [1.82, 2.24) is 0 Å². The minimum absolute atomic E-state index is 0.428. The van der Waals surface area contributed by atoms with Gasteiger partial charge in [-0.25, -0.2) is 0 Å². The summed E-state index contributed by atoms with van der Waals surface area (Å²) in [4.78, 5) is 2.41. The van der Waals surface area contributed by atoms with Gasteiger partial charge < -0.3 is 0 Å². The molecule has 0 spiro atoms. The number of hydrogen-bond donors (Lipinski definition) is 0. The molecule has 0 saturated heterocycles. The van der Waals surface area contributed by atoms with Crippen molar-refractivity contribution >= 4 is 20.9 Å². The molecule has 1 heteroatoms. The third kappa shape index (κ3) is 12.8. The van der Waals surface area contributed by atoms with Gasteiger partial charge in [0.05, 0.1) is 0 Å². The Morgan fingerprint density at radius 1 is 0.692 bits per heavy atom. The molecule has 0 nitrogen and oxygen atoms in total. The van der Waals surface area contributed by atoms with Crippen LogP contribution in [0.2, 0.25) is 9.44 Å². The Hall–Kier alpha value is 0.790. The van der Waals surface area contributed by atoms with Crippen LogP contribution < -0.4 is 0 Å². The molecule has 0 heterocycles. The van der Waals surface area contributed by atoms with Gasteiger partial charge in [0.15, 0.2) is 0 Å². The van der Waals surface area contributed by atoms with E-state index in [1.54, 1.807) is 4.47 Å². The Morgan fingerprint density at radius 2 is 1.15 bits per heavy atom. The SMILES string of the molecule is CCCCCCCCCCC[Te]C. The summed E-state index contributed by atoms with van der Waals surface area (Å²) in [6.45, 7) is 2.29. The molecular weight excluding hydrogens is 272 g/mol. The Kier molecular flexibility index (Phi) is 13.6. The van der Waals surface area contributed by atoms with Gasteiger partial charge in [0.25, 0.3) is 0 Å². The molecule has 0 unspecified atom stereocenters. The summed E-state index contributed by atoms with van der Waals surface area (Å²) >= 11 is 0.428. The molecule has 0 fully saturated rings. The number of unbranched alkanes of at least 4 members (excludes halogenated alkanes) is 8. The van der Waals surface area contributed by atoms with Crippen LogP contribution in [0.5, 0.6) is 0 Å². The van der Waals surface area contributed by atoms with Crippen LogP contribution in [-0.2, 0) is 0 Å². The normalized spacial score (nSPS) is 10.6. The summed E-state index contributed by atoms with van der Waals surface area (Å²) < 4.78 is 1.57. The van der Waals surface area contributed by atoms with E-state index in [1.165, 1.54) is 57.8 Å². The zero-order chi connectivity index (χ0) is 9.78. The monoisotopic (exact) mass is 300 g/mol. The van der Waals surface area contributed by atoms with Gasteiger partial charge >= 0.3 is 95.1 Å². The average molecular weight is 298 g/mol. The van der Waals surface area contributed by atoms with Crippen molar-refractivity contribution in [2.24, 2.45) is 0 Å². The first kappa shape index (κ1) is 13.8. The molecule has 0 bridgehead atoms. The summed E-state index contributed by atoms with van der Waals surface area (Å²) in [7, 11) is 0. The minimum atomic E-state index is 0.428. The molecule has 0 rings (SSSR count). The van der Waals surface area contributed by atoms with Crippen molar-refractivity contribution in [2.75, 3.05) is 0 Å². The van der Waals surface area contributed by atoms with E-state index < -0.39 is 0 Å². The fraction of sp³-hybridized carbons (Fsp3) is 1.00. The van der Waals surface area contributed by atoms with Gasteiger partial charge in [-0.3, -0.25) is 0 Å². The molecule has 13 heavy (non-hydrogen) atoms. The van der Waals surface area contributed by atoms with E-state index >= 15 is 0 Å². The Labute approximate surface area is 95.0 Å². The number of hydrogen-bond acceptors (Lipinski definition) is 0. The Balaban J connectivity index is 2.76. The molecule has 0 aliphatic rings. The first-order chi connectivity index (χ1) is 6.41. The summed E-state index contributed by atoms with van der Waals surface area (Å²) in [6, 6.07) is 0. The van der Waals surface area contributed by atoms with Gasteiger partial charge in [-0.05, 0) is 0 Å². The van der Waals surface area contributed by atoms with E-state index in [9.17, 15) is 0 Å². The molecule has 0 N–H and O–H groups in total. The van der Waals surface area contributed by atoms with Crippen LogP contribution in [0.25, 0.3) is 0 Å². The standard InChI is InChI=1S/C12H26Te/c1-3-4-5-6-7-8-9-10-11-12-13-2/h3-12H2,1-2H3. The summed E-state index contributed by atoms with van der Waals surface area (Å²) in [5.41, 5.74) is 0. The van der Waals surface area contributed by atoms with Crippen molar-refractivity contribution in [2.45, 2.75) is 74.2 Å². The summed E-state index contributed by atoms with van der Waals surface area (Å²) in [5.74, 6) is 0. The van der Waals surface area contributed by atoms with E-state index in [4.69, 9.17) is 0 Å². The van der Waals surface area contributed by atoms with Gasteiger partial charge in [-0.15, -0.1) is 0 Å². The van der Waals surface area contributed by atoms with Crippen LogP contribution in [0, 0.1) is 0 Å². The molecule has 0 aromatic rings. The third-order valence-corrected chi connectivity index (χ3v) is 4.44. The maximum absolute atomic E-state index is 2.41. The first-order valence-electron chi connectivity index (χ1n) is 5.90. The van der Waals surface area contributed by atoms with E-state index in [2.05, 4.69) is 11.9 Å². The molecule has 80 valence electrons. The van der Waals surface area contributed by atoms with Crippen molar-refractivity contribution in [3.63, 3.8) is 0 Å². The Morgan fingerprint density at radius 3 is 1.62 bits per heavy atom.